The Balaban J connectivity index is 1.26. The highest BCUT2D eigenvalue weighted by Gasteiger charge is 2.29. The Morgan fingerprint density at radius 3 is 2.86 bits per heavy atom. The molecule has 6 nitrogen and oxygen atoms in total. The van der Waals surface area contributed by atoms with Gasteiger partial charge in [-0.25, -0.2) is 9.78 Å². The summed E-state index contributed by atoms with van der Waals surface area (Å²) in [4.78, 5) is 20.2. The molecule has 2 aliphatic rings. The molecule has 1 unspecified atom stereocenters. The van der Waals surface area contributed by atoms with Gasteiger partial charge in [0.25, 0.3) is 0 Å². The Morgan fingerprint density at radius 2 is 1.94 bits per heavy atom. The second-order valence-electron chi connectivity index (χ2n) is 9.56. The number of benzene rings is 2. The van der Waals surface area contributed by atoms with Crippen LogP contribution >= 0.6 is 0 Å². The first-order chi connectivity index (χ1) is 17.2. The topological polar surface area (TPSA) is 58.9 Å². The van der Waals surface area contributed by atoms with E-state index in [0.717, 1.165) is 66.3 Å². The van der Waals surface area contributed by atoms with Crippen molar-refractivity contribution in [3.05, 3.63) is 83.8 Å². The number of fused-ring (bicyclic) bond motifs is 2. The van der Waals surface area contributed by atoms with E-state index in [4.69, 9.17) is 9.72 Å². The number of aryl methyl sites for hydroxylation is 2. The number of anilines is 1. The molecule has 1 aliphatic carbocycles. The number of urea groups is 1. The van der Waals surface area contributed by atoms with E-state index < -0.39 is 0 Å². The number of rotatable bonds is 4. The zero-order valence-corrected chi connectivity index (χ0v) is 20.0. The van der Waals surface area contributed by atoms with Crippen LogP contribution in [0.2, 0.25) is 0 Å². The van der Waals surface area contributed by atoms with E-state index >= 15 is 0 Å². The number of likely N-dealkylation sites (tertiary alicyclic amines) is 1. The van der Waals surface area contributed by atoms with Crippen molar-refractivity contribution in [2.75, 3.05) is 25.5 Å². The van der Waals surface area contributed by atoms with Crippen LogP contribution in [-0.4, -0.2) is 40.5 Å². The van der Waals surface area contributed by atoms with Crippen LogP contribution in [0.25, 0.3) is 16.8 Å². The summed E-state index contributed by atoms with van der Waals surface area (Å²) < 4.78 is 7.62. The van der Waals surface area contributed by atoms with E-state index in [-0.39, 0.29) is 11.9 Å². The molecule has 0 spiro atoms. The van der Waals surface area contributed by atoms with E-state index in [1.807, 2.05) is 41.3 Å². The number of imidazole rings is 1. The SMILES string of the molecule is COc1cccc(-c2nc(C3CCCN(C(=O)Nc4ccc5c(c4)CCC5)C3)n3ccccc23)c1. The molecule has 4 aromatic rings. The maximum Gasteiger partial charge on any atom is 0.321 e. The number of piperidine rings is 1. The lowest BCUT2D eigenvalue weighted by Crippen LogP contribution is -2.42. The Labute approximate surface area is 205 Å². The van der Waals surface area contributed by atoms with E-state index in [0.29, 0.717) is 6.54 Å². The van der Waals surface area contributed by atoms with E-state index in [1.54, 1.807) is 7.11 Å². The first-order valence-corrected chi connectivity index (χ1v) is 12.5. The summed E-state index contributed by atoms with van der Waals surface area (Å²) in [6.07, 6.45) is 7.49. The minimum atomic E-state index is -0.0264. The minimum absolute atomic E-state index is 0.0264. The molecule has 2 aromatic carbocycles. The lowest BCUT2D eigenvalue weighted by Gasteiger charge is -2.32. The van der Waals surface area contributed by atoms with Gasteiger partial charge in [-0.3, -0.25) is 0 Å². The molecular formula is C29H30N4O2. The van der Waals surface area contributed by atoms with Gasteiger partial charge in [0, 0.05) is 36.5 Å². The number of ether oxygens (including phenoxy) is 1. The molecule has 3 heterocycles. The third kappa shape index (κ3) is 4.14. The normalized spacial score (nSPS) is 17.4. The Hall–Kier alpha value is -3.80. The van der Waals surface area contributed by atoms with Crippen LogP contribution in [0.5, 0.6) is 5.75 Å². The average Bonchev–Trinajstić information content (AvgIpc) is 3.53. The number of aromatic nitrogens is 2. The largest absolute Gasteiger partial charge is 0.497 e. The van der Waals surface area contributed by atoms with Gasteiger partial charge in [-0.1, -0.05) is 24.3 Å². The number of methoxy groups -OCH3 is 1. The fraction of sp³-hybridized carbons (Fsp3) is 0.310. The fourth-order valence-corrected chi connectivity index (χ4v) is 5.56. The number of carbonyl (C=O) groups excluding carboxylic acids is 1. The number of carbonyl (C=O) groups is 1. The molecule has 1 atom stereocenters. The van der Waals surface area contributed by atoms with Crippen LogP contribution in [-0.2, 0) is 12.8 Å². The van der Waals surface area contributed by atoms with Gasteiger partial charge in [0.15, 0.2) is 0 Å². The van der Waals surface area contributed by atoms with Gasteiger partial charge in [-0.05, 0) is 79.6 Å². The quantitative estimate of drug-likeness (QED) is 0.407. The Bertz CT molecular complexity index is 1390. The molecule has 178 valence electrons. The highest BCUT2D eigenvalue weighted by atomic mass is 16.5. The molecule has 1 aliphatic heterocycles. The van der Waals surface area contributed by atoms with Crippen LogP contribution in [0.15, 0.2) is 66.9 Å². The first kappa shape index (κ1) is 21.7. The molecule has 0 bridgehead atoms. The minimum Gasteiger partial charge on any atom is -0.497 e. The second kappa shape index (κ2) is 9.10. The van der Waals surface area contributed by atoms with Crippen LogP contribution in [0.1, 0.15) is 42.1 Å². The maximum atomic E-state index is 13.2. The maximum absolute atomic E-state index is 13.2. The summed E-state index contributed by atoms with van der Waals surface area (Å²) in [5.74, 6) is 1.99. The molecule has 2 aromatic heterocycles. The molecule has 2 amide bonds. The number of pyridine rings is 1. The van der Waals surface area contributed by atoms with Crippen LogP contribution < -0.4 is 10.1 Å². The molecule has 1 fully saturated rings. The van der Waals surface area contributed by atoms with Crippen molar-refractivity contribution in [1.82, 2.24) is 14.3 Å². The van der Waals surface area contributed by atoms with Gasteiger partial charge in [-0.15, -0.1) is 0 Å². The Morgan fingerprint density at radius 1 is 1.03 bits per heavy atom. The van der Waals surface area contributed by atoms with Crippen LogP contribution in [0.3, 0.4) is 0 Å². The van der Waals surface area contributed by atoms with Crippen LogP contribution in [0.4, 0.5) is 10.5 Å². The molecule has 0 saturated carbocycles. The van der Waals surface area contributed by atoms with Crippen molar-refractivity contribution in [2.45, 2.75) is 38.0 Å². The summed E-state index contributed by atoms with van der Waals surface area (Å²) in [5, 5.41) is 3.14. The van der Waals surface area contributed by atoms with Crippen molar-refractivity contribution < 1.29 is 9.53 Å². The molecule has 6 rings (SSSR count). The molecule has 35 heavy (non-hydrogen) atoms. The fourth-order valence-electron chi connectivity index (χ4n) is 5.56. The lowest BCUT2D eigenvalue weighted by atomic mass is 9.97. The number of nitrogens with one attached hydrogen (secondary N) is 1. The van der Waals surface area contributed by atoms with Crippen molar-refractivity contribution in [3.63, 3.8) is 0 Å². The lowest BCUT2D eigenvalue weighted by molar-refractivity contribution is 0.191. The summed E-state index contributed by atoms with van der Waals surface area (Å²) >= 11 is 0. The number of amides is 2. The molecule has 6 heteroatoms. The average molecular weight is 467 g/mol. The zero-order chi connectivity index (χ0) is 23.8. The number of nitrogens with zero attached hydrogens (tertiary/aromatic N) is 3. The second-order valence-corrected chi connectivity index (χ2v) is 9.56. The highest BCUT2D eigenvalue weighted by Crippen LogP contribution is 2.33. The van der Waals surface area contributed by atoms with E-state index in [1.165, 1.54) is 17.5 Å². The summed E-state index contributed by atoms with van der Waals surface area (Å²) in [6.45, 7) is 1.42. The van der Waals surface area contributed by atoms with Crippen molar-refractivity contribution in [3.8, 4) is 17.0 Å². The molecule has 1 N–H and O–H groups in total. The monoisotopic (exact) mass is 466 g/mol. The van der Waals surface area contributed by atoms with Gasteiger partial charge < -0.3 is 19.4 Å². The summed E-state index contributed by atoms with van der Waals surface area (Å²) in [5.41, 5.74) is 6.72. The predicted molar refractivity (Wildman–Crippen MR) is 138 cm³/mol. The Kier molecular flexibility index (Phi) is 5.64. The standard InChI is InChI=1S/C29H30N4O2/c1-35-25-11-5-9-22(18-25)27-26-12-2-3-16-33(26)28(31-27)23-10-6-15-32(19-23)29(34)30-24-14-13-20-7-4-8-21(20)17-24/h2-3,5,9,11-14,16-18,23H,4,6-8,10,15,19H2,1H3,(H,30,34). The number of hydrogen-bond acceptors (Lipinski definition) is 3. The van der Waals surface area contributed by atoms with Crippen molar-refractivity contribution in [1.29, 1.82) is 0 Å². The first-order valence-electron chi connectivity index (χ1n) is 12.5. The zero-order valence-electron chi connectivity index (χ0n) is 20.0. The highest BCUT2D eigenvalue weighted by molar-refractivity contribution is 5.89. The van der Waals surface area contributed by atoms with Crippen molar-refractivity contribution in [2.24, 2.45) is 0 Å². The van der Waals surface area contributed by atoms with Gasteiger partial charge >= 0.3 is 6.03 Å². The number of hydrogen-bond donors (Lipinski definition) is 1. The molecular weight excluding hydrogens is 436 g/mol. The van der Waals surface area contributed by atoms with Gasteiger partial charge in [-0.2, -0.15) is 0 Å². The smallest absolute Gasteiger partial charge is 0.321 e. The summed E-state index contributed by atoms with van der Waals surface area (Å²) in [7, 11) is 1.68. The van der Waals surface area contributed by atoms with Crippen molar-refractivity contribution >= 4 is 17.2 Å². The third-order valence-corrected chi connectivity index (χ3v) is 7.34. The van der Waals surface area contributed by atoms with E-state index in [9.17, 15) is 4.79 Å². The van der Waals surface area contributed by atoms with E-state index in [2.05, 4.69) is 40.2 Å². The molecule has 0 radical (unpaired) electrons. The van der Waals surface area contributed by atoms with Gasteiger partial charge in [0.05, 0.1) is 18.3 Å². The molecule has 1 saturated heterocycles. The van der Waals surface area contributed by atoms with Crippen LogP contribution in [0, 0.1) is 0 Å². The predicted octanol–water partition coefficient (Wildman–Crippen LogP) is 5.91. The third-order valence-electron chi connectivity index (χ3n) is 7.34. The van der Waals surface area contributed by atoms with Gasteiger partial charge in [0.2, 0.25) is 0 Å². The summed E-state index contributed by atoms with van der Waals surface area (Å²) in [6, 6.07) is 20.5. The van der Waals surface area contributed by atoms with Gasteiger partial charge in [0.1, 0.15) is 11.6 Å².